The highest BCUT2D eigenvalue weighted by molar-refractivity contribution is 6.07. The van der Waals surface area contributed by atoms with Crippen molar-refractivity contribution in [2.45, 2.75) is 38.6 Å². The zero-order valence-electron chi connectivity index (χ0n) is 17.9. The summed E-state index contributed by atoms with van der Waals surface area (Å²) in [5.74, 6) is -0.256. The van der Waals surface area contributed by atoms with Crippen LogP contribution in [0.3, 0.4) is 0 Å². The third kappa shape index (κ3) is 4.22. The Hall–Kier alpha value is -3.47. The van der Waals surface area contributed by atoms with Gasteiger partial charge < -0.3 is 10.2 Å². The summed E-state index contributed by atoms with van der Waals surface area (Å²) < 4.78 is 0. The number of benzene rings is 2. The summed E-state index contributed by atoms with van der Waals surface area (Å²) in [4.78, 5) is 32.5. The van der Waals surface area contributed by atoms with Crippen LogP contribution >= 0.6 is 0 Å². The summed E-state index contributed by atoms with van der Waals surface area (Å²) in [6, 6.07) is 21.1. The summed E-state index contributed by atoms with van der Waals surface area (Å²) in [6.07, 6.45) is 4.83. The molecule has 158 valence electrons. The van der Waals surface area contributed by atoms with Crippen molar-refractivity contribution in [3.63, 3.8) is 0 Å². The van der Waals surface area contributed by atoms with E-state index in [9.17, 15) is 9.59 Å². The Kier molecular flexibility index (Phi) is 6.12. The summed E-state index contributed by atoms with van der Waals surface area (Å²) in [7, 11) is 0. The van der Waals surface area contributed by atoms with Crippen LogP contribution in [0.25, 0.3) is 0 Å². The van der Waals surface area contributed by atoms with Crippen molar-refractivity contribution in [1.29, 1.82) is 0 Å². The Bertz CT molecular complexity index is 1050. The van der Waals surface area contributed by atoms with Gasteiger partial charge in [0.05, 0.1) is 5.56 Å². The van der Waals surface area contributed by atoms with Gasteiger partial charge in [0.15, 0.2) is 0 Å². The van der Waals surface area contributed by atoms with E-state index in [1.807, 2.05) is 66.4 Å². The topological polar surface area (TPSA) is 62.3 Å². The number of fused-ring (bicyclic) bond motifs is 1. The molecule has 1 aliphatic rings. The van der Waals surface area contributed by atoms with Crippen molar-refractivity contribution < 1.29 is 9.59 Å². The molecule has 1 aromatic heterocycles. The van der Waals surface area contributed by atoms with Crippen molar-refractivity contribution >= 4 is 23.2 Å². The molecule has 4 rings (SSSR count). The predicted molar refractivity (Wildman–Crippen MR) is 123 cm³/mol. The van der Waals surface area contributed by atoms with Gasteiger partial charge in [0.2, 0.25) is 5.91 Å². The van der Waals surface area contributed by atoms with Gasteiger partial charge in [-0.15, -0.1) is 0 Å². The minimum atomic E-state index is -0.231. The fraction of sp³-hybridized carbons (Fsp3) is 0.269. The van der Waals surface area contributed by atoms with Crippen molar-refractivity contribution in [2.24, 2.45) is 5.92 Å². The van der Waals surface area contributed by atoms with Crippen LogP contribution in [0.5, 0.6) is 0 Å². The molecule has 0 saturated heterocycles. The molecule has 0 radical (unpaired) electrons. The normalized spacial score (nSPS) is 18.7. The third-order valence-electron chi connectivity index (χ3n) is 6.14. The van der Waals surface area contributed by atoms with Crippen molar-refractivity contribution in [3.05, 3.63) is 90.3 Å². The number of anilines is 2. The van der Waals surface area contributed by atoms with Crippen LogP contribution in [0.2, 0.25) is 0 Å². The van der Waals surface area contributed by atoms with Gasteiger partial charge >= 0.3 is 0 Å². The Labute approximate surface area is 183 Å². The lowest BCUT2D eigenvalue weighted by molar-refractivity contribution is -0.120. The van der Waals surface area contributed by atoms with Crippen LogP contribution in [-0.2, 0) is 4.79 Å². The molecule has 2 heterocycles. The number of para-hydroxylation sites is 2. The number of amides is 2. The van der Waals surface area contributed by atoms with E-state index in [2.05, 4.69) is 17.2 Å². The minimum Gasteiger partial charge on any atom is -0.326 e. The third-order valence-corrected chi connectivity index (χ3v) is 6.14. The SMILES string of the molecule is CCC1CC(C(C)C(=O)Nc2ccccc2)c2ccccc2N1C(=O)c1cccnc1. The average Bonchev–Trinajstić information content (AvgIpc) is 2.83. The molecule has 1 aliphatic heterocycles. The highest BCUT2D eigenvalue weighted by atomic mass is 16.2. The number of nitrogens with one attached hydrogen (secondary N) is 1. The molecule has 31 heavy (non-hydrogen) atoms. The maximum Gasteiger partial charge on any atom is 0.260 e. The first-order valence-electron chi connectivity index (χ1n) is 10.8. The van der Waals surface area contributed by atoms with E-state index in [1.54, 1.807) is 24.5 Å². The molecule has 0 saturated carbocycles. The van der Waals surface area contributed by atoms with Crippen LogP contribution in [0, 0.1) is 5.92 Å². The molecule has 2 aromatic carbocycles. The molecule has 2 amide bonds. The highest BCUT2D eigenvalue weighted by Crippen LogP contribution is 2.43. The lowest BCUT2D eigenvalue weighted by Crippen LogP contribution is -2.46. The van der Waals surface area contributed by atoms with Gasteiger partial charge in [-0.05, 0) is 54.7 Å². The van der Waals surface area contributed by atoms with Gasteiger partial charge in [0, 0.05) is 35.7 Å². The van der Waals surface area contributed by atoms with E-state index in [0.29, 0.717) is 5.56 Å². The maximum absolute atomic E-state index is 13.4. The molecule has 5 heteroatoms. The first-order valence-corrected chi connectivity index (χ1v) is 10.8. The quantitative estimate of drug-likeness (QED) is 0.620. The van der Waals surface area contributed by atoms with Crippen LogP contribution in [0.15, 0.2) is 79.1 Å². The Balaban J connectivity index is 1.66. The summed E-state index contributed by atoms with van der Waals surface area (Å²) >= 11 is 0. The number of carbonyl (C=O) groups excluding carboxylic acids is 2. The van der Waals surface area contributed by atoms with E-state index in [1.165, 1.54) is 0 Å². The summed E-state index contributed by atoms with van der Waals surface area (Å²) in [5, 5.41) is 3.03. The second-order valence-corrected chi connectivity index (χ2v) is 8.02. The van der Waals surface area contributed by atoms with Gasteiger partial charge in [-0.1, -0.05) is 50.2 Å². The summed E-state index contributed by atoms with van der Waals surface area (Å²) in [6.45, 7) is 4.07. The van der Waals surface area contributed by atoms with Gasteiger partial charge in [-0.3, -0.25) is 14.6 Å². The molecule has 5 nitrogen and oxygen atoms in total. The number of rotatable bonds is 5. The fourth-order valence-electron chi connectivity index (χ4n) is 4.43. The van der Waals surface area contributed by atoms with Crippen LogP contribution in [-0.4, -0.2) is 22.8 Å². The zero-order chi connectivity index (χ0) is 21.8. The number of hydrogen-bond donors (Lipinski definition) is 1. The van der Waals surface area contributed by atoms with Crippen molar-refractivity contribution in [3.8, 4) is 0 Å². The van der Waals surface area contributed by atoms with Gasteiger partial charge in [-0.25, -0.2) is 0 Å². The largest absolute Gasteiger partial charge is 0.326 e. The molecule has 0 spiro atoms. The minimum absolute atomic E-state index is 0.00658. The first kappa shape index (κ1) is 20.8. The van der Waals surface area contributed by atoms with Crippen LogP contribution in [0.4, 0.5) is 11.4 Å². The average molecular weight is 414 g/mol. The van der Waals surface area contributed by atoms with Crippen LogP contribution < -0.4 is 10.2 Å². The number of pyridine rings is 1. The van der Waals surface area contributed by atoms with E-state index >= 15 is 0 Å². The van der Waals surface area contributed by atoms with E-state index in [-0.39, 0.29) is 29.7 Å². The smallest absolute Gasteiger partial charge is 0.260 e. The molecule has 0 fully saturated rings. The molecule has 0 bridgehead atoms. The Morgan fingerprint density at radius 3 is 2.52 bits per heavy atom. The molecule has 3 atom stereocenters. The highest BCUT2D eigenvalue weighted by Gasteiger charge is 2.39. The summed E-state index contributed by atoms with van der Waals surface area (Å²) in [5.41, 5.74) is 3.30. The Morgan fingerprint density at radius 1 is 1.06 bits per heavy atom. The number of aromatic nitrogens is 1. The Morgan fingerprint density at radius 2 is 1.81 bits per heavy atom. The number of carbonyl (C=O) groups is 2. The number of hydrogen-bond acceptors (Lipinski definition) is 3. The molecule has 0 aliphatic carbocycles. The predicted octanol–water partition coefficient (Wildman–Crippen LogP) is 5.27. The second kappa shape index (κ2) is 9.13. The van der Waals surface area contributed by atoms with Crippen molar-refractivity contribution in [2.75, 3.05) is 10.2 Å². The molecule has 1 N–H and O–H groups in total. The van der Waals surface area contributed by atoms with Crippen LogP contribution in [0.1, 0.15) is 48.5 Å². The monoisotopic (exact) mass is 413 g/mol. The van der Waals surface area contributed by atoms with Crippen molar-refractivity contribution in [1.82, 2.24) is 4.98 Å². The lowest BCUT2D eigenvalue weighted by Gasteiger charge is -2.42. The first-order chi connectivity index (χ1) is 15.1. The fourth-order valence-corrected chi connectivity index (χ4v) is 4.43. The molecule has 3 aromatic rings. The molecular formula is C26H27N3O2. The van der Waals surface area contributed by atoms with Gasteiger partial charge in [-0.2, -0.15) is 0 Å². The van der Waals surface area contributed by atoms with E-state index in [0.717, 1.165) is 29.8 Å². The zero-order valence-corrected chi connectivity index (χ0v) is 17.9. The standard InChI is InChI=1S/C26H27N3O2/c1-3-21-16-23(18(2)25(30)28-20-11-5-4-6-12-20)22-13-7-8-14-24(22)29(21)26(31)19-10-9-15-27-17-19/h4-15,17-18,21,23H,3,16H2,1-2H3,(H,28,30). The molecule has 3 unspecified atom stereocenters. The van der Waals surface area contributed by atoms with E-state index < -0.39 is 0 Å². The maximum atomic E-state index is 13.4. The lowest BCUT2D eigenvalue weighted by atomic mass is 9.77. The van der Waals surface area contributed by atoms with Gasteiger partial charge in [0.25, 0.3) is 5.91 Å². The number of nitrogens with zero attached hydrogens (tertiary/aromatic N) is 2. The second-order valence-electron chi connectivity index (χ2n) is 8.02. The van der Waals surface area contributed by atoms with E-state index in [4.69, 9.17) is 0 Å². The van der Waals surface area contributed by atoms with Gasteiger partial charge in [0.1, 0.15) is 0 Å². The molecular weight excluding hydrogens is 386 g/mol.